The van der Waals surface area contributed by atoms with Gasteiger partial charge in [0.25, 0.3) is 0 Å². The van der Waals surface area contributed by atoms with Crippen LogP contribution in [0.15, 0.2) is 23.2 Å². The number of nitrogens with zero attached hydrogens (tertiary/aromatic N) is 2. The zero-order valence-corrected chi connectivity index (χ0v) is 16.0. The predicted molar refractivity (Wildman–Crippen MR) is 101 cm³/mol. The summed E-state index contributed by atoms with van der Waals surface area (Å²) in [6.45, 7) is 1.30. The fraction of sp³-hybridized carbons (Fsp3) is 0.556. The van der Waals surface area contributed by atoms with E-state index in [4.69, 9.17) is 17.3 Å². The Labute approximate surface area is 162 Å². The number of carbonyl (C=O) groups excluding carboxylic acids is 1. The van der Waals surface area contributed by atoms with Gasteiger partial charge in [0.1, 0.15) is 5.75 Å². The van der Waals surface area contributed by atoms with E-state index >= 15 is 0 Å². The molecule has 9 heteroatoms. The van der Waals surface area contributed by atoms with E-state index in [1.54, 1.807) is 6.07 Å². The molecule has 1 aliphatic rings. The summed E-state index contributed by atoms with van der Waals surface area (Å²) in [6.07, 6.45) is 2.22. The summed E-state index contributed by atoms with van der Waals surface area (Å²) in [5, 5.41) is 3.63. The van der Waals surface area contributed by atoms with E-state index in [-0.39, 0.29) is 24.1 Å². The monoisotopic (exact) mass is 402 g/mol. The van der Waals surface area contributed by atoms with Crippen LogP contribution in [0.3, 0.4) is 0 Å². The first-order valence-corrected chi connectivity index (χ1v) is 9.31. The van der Waals surface area contributed by atoms with Crippen molar-refractivity contribution >= 4 is 23.5 Å². The smallest absolute Gasteiger partial charge is 0.387 e. The molecule has 1 aromatic rings. The Bertz CT molecular complexity index is 673. The maximum absolute atomic E-state index is 12.6. The number of likely N-dealkylation sites (tertiary alicyclic amines) is 1. The van der Waals surface area contributed by atoms with Gasteiger partial charge in [0.2, 0.25) is 5.91 Å². The van der Waals surface area contributed by atoms with Gasteiger partial charge in [-0.1, -0.05) is 11.6 Å². The van der Waals surface area contributed by atoms with Crippen LogP contribution in [0.2, 0.25) is 5.02 Å². The number of halogens is 3. The minimum Gasteiger partial charge on any atom is -0.434 e. The molecule has 0 saturated carbocycles. The Morgan fingerprint density at radius 3 is 2.96 bits per heavy atom. The minimum absolute atomic E-state index is 0.0549. The Kier molecular flexibility index (Phi) is 8.09. The number of carbonyl (C=O) groups is 1. The van der Waals surface area contributed by atoms with Gasteiger partial charge in [-0.15, -0.1) is 0 Å². The molecule has 1 unspecified atom stereocenters. The van der Waals surface area contributed by atoms with Gasteiger partial charge in [0, 0.05) is 36.6 Å². The second-order valence-electron chi connectivity index (χ2n) is 6.43. The molecule has 2 rings (SSSR count). The van der Waals surface area contributed by atoms with Crippen molar-refractivity contribution in [2.45, 2.75) is 39.3 Å². The van der Waals surface area contributed by atoms with Crippen LogP contribution >= 0.6 is 11.6 Å². The Hall–Kier alpha value is -2.09. The van der Waals surface area contributed by atoms with Crippen LogP contribution in [0.25, 0.3) is 0 Å². The van der Waals surface area contributed by atoms with E-state index in [1.807, 2.05) is 6.92 Å². The summed E-state index contributed by atoms with van der Waals surface area (Å²) >= 11 is 5.98. The number of aliphatic imine (C=N–C) groups is 1. The maximum Gasteiger partial charge on any atom is 0.387 e. The molecule has 27 heavy (non-hydrogen) atoms. The highest BCUT2D eigenvalue weighted by atomic mass is 35.5. The van der Waals surface area contributed by atoms with E-state index in [0.29, 0.717) is 36.1 Å². The third-order valence-corrected chi connectivity index (χ3v) is 4.52. The fourth-order valence-electron chi connectivity index (χ4n) is 3.18. The van der Waals surface area contributed by atoms with Crippen molar-refractivity contribution in [2.75, 3.05) is 19.6 Å². The van der Waals surface area contributed by atoms with Crippen molar-refractivity contribution < 1.29 is 18.3 Å². The molecule has 0 spiro atoms. The van der Waals surface area contributed by atoms with Gasteiger partial charge in [-0.05, 0) is 43.9 Å². The molecule has 1 heterocycles. The minimum atomic E-state index is -2.92. The topological polar surface area (TPSA) is 80.0 Å². The average Bonchev–Trinajstić information content (AvgIpc) is 2.60. The summed E-state index contributed by atoms with van der Waals surface area (Å²) in [5.74, 6) is 0.592. The number of amides is 1. The van der Waals surface area contributed by atoms with Crippen molar-refractivity contribution in [1.29, 1.82) is 0 Å². The van der Waals surface area contributed by atoms with Gasteiger partial charge in [0.15, 0.2) is 5.96 Å². The summed E-state index contributed by atoms with van der Waals surface area (Å²) < 4.78 is 29.8. The number of guanidine groups is 1. The van der Waals surface area contributed by atoms with Crippen molar-refractivity contribution in [3.8, 4) is 5.75 Å². The van der Waals surface area contributed by atoms with Crippen LogP contribution in [0.5, 0.6) is 5.75 Å². The number of nitrogens with one attached hydrogen (secondary N) is 1. The predicted octanol–water partition coefficient (Wildman–Crippen LogP) is 2.99. The van der Waals surface area contributed by atoms with Crippen molar-refractivity contribution in [1.82, 2.24) is 10.2 Å². The summed E-state index contributed by atoms with van der Waals surface area (Å²) in [7, 11) is 0. The second-order valence-corrected chi connectivity index (χ2v) is 6.86. The highest BCUT2D eigenvalue weighted by Crippen LogP contribution is 2.26. The summed E-state index contributed by atoms with van der Waals surface area (Å²) in [6, 6.07) is 4.48. The van der Waals surface area contributed by atoms with Crippen molar-refractivity contribution in [3.63, 3.8) is 0 Å². The molecule has 0 bridgehead atoms. The average molecular weight is 403 g/mol. The number of nitrogens with two attached hydrogens (primary N) is 1. The first-order chi connectivity index (χ1) is 12.9. The van der Waals surface area contributed by atoms with E-state index in [1.165, 1.54) is 12.1 Å². The molecule has 1 aromatic carbocycles. The van der Waals surface area contributed by atoms with E-state index < -0.39 is 6.61 Å². The molecule has 1 atom stereocenters. The number of benzene rings is 1. The largest absolute Gasteiger partial charge is 0.434 e. The number of rotatable bonds is 7. The first-order valence-electron chi connectivity index (χ1n) is 8.93. The standard InChI is InChI=1S/C18H25ClF2N4O2/c1-2-23-18(25-7-3-4-12(11-25)8-16(22)26)24-10-13-9-14(19)5-6-15(13)27-17(20)21/h5-6,9,12,17H,2-4,7-8,10-11H2,1H3,(H2,22,26)(H,23,24). The number of primary amides is 1. The third-order valence-electron chi connectivity index (χ3n) is 4.28. The number of hydrogen-bond acceptors (Lipinski definition) is 3. The molecule has 1 aliphatic heterocycles. The quantitative estimate of drug-likeness (QED) is 0.542. The Morgan fingerprint density at radius 1 is 1.52 bits per heavy atom. The summed E-state index contributed by atoms with van der Waals surface area (Å²) in [4.78, 5) is 17.8. The first kappa shape index (κ1) is 21.2. The van der Waals surface area contributed by atoms with Gasteiger partial charge < -0.3 is 20.7 Å². The maximum atomic E-state index is 12.6. The zero-order valence-electron chi connectivity index (χ0n) is 15.3. The molecule has 0 aromatic heterocycles. The van der Waals surface area contributed by atoms with Crippen LogP contribution in [0.4, 0.5) is 8.78 Å². The van der Waals surface area contributed by atoms with Crippen LogP contribution in [0, 0.1) is 5.92 Å². The molecule has 0 aliphatic carbocycles. The van der Waals surface area contributed by atoms with E-state index in [0.717, 1.165) is 19.4 Å². The Balaban J connectivity index is 2.15. The lowest BCUT2D eigenvalue weighted by Gasteiger charge is -2.34. The van der Waals surface area contributed by atoms with Crippen LogP contribution in [-0.4, -0.2) is 43.0 Å². The lowest BCUT2D eigenvalue weighted by molar-refractivity contribution is -0.119. The highest BCUT2D eigenvalue weighted by molar-refractivity contribution is 6.30. The van der Waals surface area contributed by atoms with Crippen LogP contribution in [0.1, 0.15) is 31.7 Å². The second kappa shape index (κ2) is 10.3. The lowest BCUT2D eigenvalue weighted by Crippen LogP contribution is -2.47. The van der Waals surface area contributed by atoms with Crippen LogP contribution < -0.4 is 15.8 Å². The molecular weight excluding hydrogens is 378 g/mol. The van der Waals surface area contributed by atoms with Gasteiger partial charge >= 0.3 is 6.61 Å². The SMILES string of the molecule is CCNC(=NCc1cc(Cl)ccc1OC(F)F)N1CCCC(CC(N)=O)C1. The number of alkyl halides is 2. The van der Waals surface area contributed by atoms with Gasteiger partial charge in [0.05, 0.1) is 6.54 Å². The van der Waals surface area contributed by atoms with Crippen molar-refractivity contribution in [2.24, 2.45) is 16.6 Å². The highest BCUT2D eigenvalue weighted by Gasteiger charge is 2.23. The molecule has 6 nitrogen and oxygen atoms in total. The normalized spacial score (nSPS) is 17.9. The van der Waals surface area contributed by atoms with Crippen LogP contribution in [-0.2, 0) is 11.3 Å². The van der Waals surface area contributed by atoms with Crippen molar-refractivity contribution in [3.05, 3.63) is 28.8 Å². The Morgan fingerprint density at radius 2 is 2.30 bits per heavy atom. The number of ether oxygens (including phenoxy) is 1. The molecular formula is C18H25ClF2N4O2. The molecule has 1 fully saturated rings. The van der Waals surface area contributed by atoms with Gasteiger partial charge in [-0.2, -0.15) is 8.78 Å². The molecule has 1 saturated heterocycles. The molecule has 150 valence electrons. The molecule has 3 N–H and O–H groups in total. The fourth-order valence-corrected chi connectivity index (χ4v) is 3.37. The van der Waals surface area contributed by atoms with E-state index in [9.17, 15) is 13.6 Å². The van der Waals surface area contributed by atoms with Gasteiger partial charge in [-0.25, -0.2) is 4.99 Å². The molecule has 1 amide bonds. The lowest BCUT2D eigenvalue weighted by atomic mass is 9.95. The van der Waals surface area contributed by atoms with E-state index in [2.05, 4.69) is 19.9 Å². The number of hydrogen-bond donors (Lipinski definition) is 2. The summed E-state index contributed by atoms with van der Waals surface area (Å²) in [5.41, 5.74) is 5.79. The molecule has 0 radical (unpaired) electrons. The number of piperidine rings is 1. The van der Waals surface area contributed by atoms with Gasteiger partial charge in [-0.3, -0.25) is 4.79 Å². The third kappa shape index (κ3) is 6.86. The zero-order chi connectivity index (χ0) is 19.8.